The van der Waals surface area contributed by atoms with Gasteiger partial charge in [0.15, 0.2) is 5.43 Å². The summed E-state index contributed by atoms with van der Waals surface area (Å²) in [6, 6.07) is 6.82. The van der Waals surface area contributed by atoms with E-state index in [0.29, 0.717) is 17.8 Å². The summed E-state index contributed by atoms with van der Waals surface area (Å²) in [4.78, 5) is 19.3. The number of H-pyrrole nitrogens is 1. The molecular weight excluding hydrogens is 427 g/mol. The second kappa shape index (κ2) is 8.90. The molecule has 1 aromatic heterocycles. The van der Waals surface area contributed by atoms with Crippen LogP contribution in [0.15, 0.2) is 64.1 Å². The molecule has 2 aromatic rings. The van der Waals surface area contributed by atoms with E-state index in [-0.39, 0.29) is 30.0 Å². The fourth-order valence-corrected chi connectivity index (χ4v) is 4.09. The van der Waals surface area contributed by atoms with Crippen molar-refractivity contribution >= 4 is 10.0 Å². The van der Waals surface area contributed by atoms with Crippen molar-refractivity contribution in [1.29, 1.82) is 0 Å². The molecule has 0 saturated heterocycles. The molecule has 1 aliphatic heterocycles. The Balaban J connectivity index is 1.56. The molecule has 0 saturated carbocycles. The third-order valence-electron chi connectivity index (χ3n) is 4.13. The molecule has 8 nitrogen and oxygen atoms in total. The molecule has 1 aliphatic rings. The zero-order valence-electron chi connectivity index (χ0n) is 15.5. The summed E-state index contributed by atoms with van der Waals surface area (Å²) < 4.78 is 66.9. The Bertz CT molecular complexity index is 1070. The molecule has 12 heteroatoms. The number of aromatic amines is 1. The zero-order chi connectivity index (χ0) is 21.8. The normalized spacial score (nSPS) is 15.5. The molecule has 2 heterocycles. The highest BCUT2D eigenvalue weighted by Gasteiger charge is 2.31. The lowest BCUT2D eigenvalue weighted by Gasteiger charge is -2.26. The Labute approximate surface area is 169 Å². The number of hydroxylamine groups is 1. The van der Waals surface area contributed by atoms with Gasteiger partial charge in [0.1, 0.15) is 12.4 Å². The highest BCUT2D eigenvalue weighted by molar-refractivity contribution is 7.89. The maximum Gasteiger partial charge on any atom is 0.573 e. The van der Waals surface area contributed by atoms with Crippen LogP contribution < -0.4 is 15.6 Å². The predicted molar refractivity (Wildman–Crippen MR) is 99.6 cm³/mol. The minimum absolute atomic E-state index is 0.0665. The van der Waals surface area contributed by atoms with E-state index in [2.05, 4.69) is 15.2 Å². The number of pyridine rings is 1. The predicted octanol–water partition coefficient (Wildman–Crippen LogP) is 2.27. The molecule has 162 valence electrons. The fourth-order valence-electron chi connectivity index (χ4n) is 2.71. The SMILES string of the molecule is O=c1cc[nH]c(CONC2=CCN(S(=O)(=O)c3ccc(OC(F)(F)F)cc3)CC2)c1. The second-order valence-electron chi connectivity index (χ2n) is 6.30. The van der Waals surface area contributed by atoms with E-state index in [0.717, 1.165) is 24.3 Å². The fraction of sp³-hybridized carbons (Fsp3) is 0.278. The number of halogens is 3. The molecule has 0 unspecified atom stereocenters. The molecule has 1 aromatic carbocycles. The van der Waals surface area contributed by atoms with E-state index < -0.39 is 22.1 Å². The van der Waals surface area contributed by atoms with Gasteiger partial charge in [0.2, 0.25) is 10.0 Å². The van der Waals surface area contributed by atoms with Gasteiger partial charge in [-0.15, -0.1) is 13.2 Å². The van der Waals surface area contributed by atoms with Crippen molar-refractivity contribution in [1.82, 2.24) is 14.8 Å². The number of hydrogen-bond acceptors (Lipinski definition) is 6. The van der Waals surface area contributed by atoms with Gasteiger partial charge in [-0.05, 0) is 30.3 Å². The van der Waals surface area contributed by atoms with Crippen LogP contribution in [-0.4, -0.2) is 37.2 Å². The second-order valence-corrected chi connectivity index (χ2v) is 8.24. The summed E-state index contributed by atoms with van der Waals surface area (Å²) >= 11 is 0. The van der Waals surface area contributed by atoms with Crippen LogP contribution in [0.3, 0.4) is 0 Å². The number of hydrogen-bond donors (Lipinski definition) is 2. The van der Waals surface area contributed by atoms with E-state index in [9.17, 15) is 26.4 Å². The van der Waals surface area contributed by atoms with Crippen molar-refractivity contribution in [3.05, 3.63) is 70.3 Å². The Kier molecular flexibility index (Phi) is 6.48. The van der Waals surface area contributed by atoms with E-state index >= 15 is 0 Å². The van der Waals surface area contributed by atoms with E-state index in [1.165, 1.54) is 22.6 Å². The van der Waals surface area contributed by atoms with E-state index in [4.69, 9.17) is 4.84 Å². The van der Waals surface area contributed by atoms with Gasteiger partial charge in [-0.3, -0.25) is 15.1 Å². The molecule has 0 bridgehead atoms. The average molecular weight is 445 g/mol. The van der Waals surface area contributed by atoms with Crippen LogP contribution in [0.1, 0.15) is 12.1 Å². The van der Waals surface area contributed by atoms with Crippen LogP contribution in [0.5, 0.6) is 5.75 Å². The molecule has 0 fully saturated rings. The largest absolute Gasteiger partial charge is 0.573 e. The lowest BCUT2D eigenvalue weighted by Crippen LogP contribution is -2.36. The molecular formula is C18H18F3N3O5S. The zero-order valence-corrected chi connectivity index (χ0v) is 16.3. The van der Waals surface area contributed by atoms with Gasteiger partial charge in [-0.25, -0.2) is 8.42 Å². The summed E-state index contributed by atoms with van der Waals surface area (Å²) in [6.45, 7) is 0.340. The number of sulfonamides is 1. The first-order valence-corrected chi connectivity index (χ1v) is 10.2. The van der Waals surface area contributed by atoms with Crippen molar-refractivity contribution in [2.24, 2.45) is 0 Å². The summed E-state index contributed by atoms with van der Waals surface area (Å²) in [5.41, 5.74) is 3.83. The van der Waals surface area contributed by atoms with Gasteiger partial charge >= 0.3 is 6.36 Å². The molecule has 30 heavy (non-hydrogen) atoms. The Morgan fingerprint density at radius 2 is 1.90 bits per heavy atom. The van der Waals surface area contributed by atoms with Gasteiger partial charge in [0.25, 0.3) is 0 Å². The number of nitrogens with zero attached hydrogens (tertiary/aromatic N) is 1. The Hall–Kier alpha value is -2.83. The average Bonchev–Trinajstić information content (AvgIpc) is 2.68. The number of nitrogens with one attached hydrogen (secondary N) is 2. The standard InChI is InChI=1S/C18H18F3N3O5S/c19-18(20,21)29-16-1-3-17(4-2-16)30(26,27)24-9-6-13(7-10-24)23-28-12-14-11-15(25)5-8-22-14/h1-6,8,11,23H,7,9-10,12H2,(H,22,25). The lowest BCUT2D eigenvalue weighted by atomic mass is 10.2. The quantitative estimate of drug-likeness (QED) is 0.635. The summed E-state index contributed by atoms with van der Waals surface area (Å²) in [5, 5.41) is 0. The molecule has 0 spiro atoms. The molecule has 0 amide bonds. The van der Waals surface area contributed by atoms with Gasteiger partial charge < -0.3 is 9.72 Å². The van der Waals surface area contributed by atoms with Crippen molar-refractivity contribution in [3.8, 4) is 5.75 Å². The van der Waals surface area contributed by atoms with Gasteiger partial charge in [0, 0.05) is 49.2 Å². The maximum atomic E-state index is 12.7. The van der Waals surface area contributed by atoms with Crippen molar-refractivity contribution in [2.45, 2.75) is 24.3 Å². The Morgan fingerprint density at radius 1 is 1.17 bits per heavy atom. The molecule has 0 radical (unpaired) electrons. The van der Waals surface area contributed by atoms with Crippen molar-refractivity contribution < 1.29 is 31.2 Å². The molecule has 3 rings (SSSR count). The summed E-state index contributed by atoms with van der Waals surface area (Å²) in [6.07, 6.45) is -1.36. The van der Waals surface area contributed by atoms with Crippen LogP contribution >= 0.6 is 0 Å². The monoisotopic (exact) mass is 445 g/mol. The minimum atomic E-state index is -4.85. The highest BCUT2D eigenvalue weighted by Crippen LogP contribution is 2.26. The van der Waals surface area contributed by atoms with Crippen LogP contribution in [0, 0.1) is 0 Å². The summed E-state index contributed by atoms with van der Waals surface area (Å²) in [5.74, 6) is -0.497. The van der Waals surface area contributed by atoms with Gasteiger partial charge in [-0.1, -0.05) is 0 Å². The maximum absolute atomic E-state index is 12.7. The first-order chi connectivity index (χ1) is 14.1. The van der Waals surface area contributed by atoms with E-state index in [1.807, 2.05) is 0 Å². The minimum Gasteiger partial charge on any atom is -0.406 e. The Morgan fingerprint density at radius 3 is 2.50 bits per heavy atom. The first-order valence-electron chi connectivity index (χ1n) is 8.74. The van der Waals surface area contributed by atoms with E-state index in [1.54, 1.807) is 6.08 Å². The molecule has 0 atom stereocenters. The van der Waals surface area contributed by atoms with Crippen molar-refractivity contribution in [3.63, 3.8) is 0 Å². The lowest BCUT2D eigenvalue weighted by molar-refractivity contribution is -0.274. The molecule has 2 N–H and O–H groups in total. The number of aromatic nitrogens is 1. The number of alkyl halides is 3. The van der Waals surface area contributed by atoms with Crippen LogP contribution in [0.2, 0.25) is 0 Å². The van der Waals surface area contributed by atoms with Gasteiger partial charge in [0.05, 0.1) is 4.90 Å². The van der Waals surface area contributed by atoms with Crippen molar-refractivity contribution in [2.75, 3.05) is 13.1 Å². The smallest absolute Gasteiger partial charge is 0.406 e. The van der Waals surface area contributed by atoms with Gasteiger partial charge in [-0.2, -0.15) is 4.31 Å². The highest BCUT2D eigenvalue weighted by atomic mass is 32.2. The van der Waals surface area contributed by atoms with Crippen LogP contribution in [-0.2, 0) is 21.5 Å². The van der Waals surface area contributed by atoms with Crippen LogP contribution in [0.25, 0.3) is 0 Å². The topological polar surface area (TPSA) is 101 Å². The first kappa shape index (κ1) is 21.9. The summed E-state index contributed by atoms with van der Waals surface area (Å²) in [7, 11) is -3.87. The third kappa shape index (κ3) is 5.84. The molecule has 0 aliphatic carbocycles. The number of benzene rings is 1. The third-order valence-corrected chi connectivity index (χ3v) is 6.01. The number of rotatable bonds is 7. The number of ether oxygens (including phenoxy) is 1. The van der Waals surface area contributed by atoms with Crippen LogP contribution in [0.4, 0.5) is 13.2 Å².